The zero-order chi connectivity index (χ0) is 19.9. The fraction of sp³-hybridized carbons (Fsp3) is 0.200. The van der Waals surface area contributed by atoms with Crippen LogP contribution in [0.3, 0.4) is 0 Å². The number of ether oxygens (including phenoxy) is 1. The number of hydrogen-bond acceptors (Lipinski definition) is 6. The number of benzene rings is 2. The third-order valence-electron chi connectivity index (χ3n) is 3.97. The molecule has 2 aromatic carbocycles. The summed E-state index contributed by atoms with van der Waals surface area (Å²) in [4.78, 5) is 25.6. The second-order valence-electron chi connectivity index (χ2n) is 6.22. The molecule has 0 fully saturated rings. The fourth-order valence-electron chi connectivity index (χ4n) is 2.39. The Morgan fingerprint density at radius 1 is 1.11 bits per heavy atom. The Kier molecular flexibility index (Phi) is 6.01. The molecular formula is C20H20N4O4. The Labute approximate surface area is 162 Å². The van der Waals surface area contributed by atoms with Crippen LogP contribution in [0.2, 0.25) is 0 Å². The second-order valence-corrected chi connectivity index (χ2v) is 6.22. The molecule has 0 aliphatic rings. The van der Waals surface area contributed by atoms with Crippen molar-refractivity contribution in [2.24, 2.45) is 0 Å². The molecule has 1 N–H and O–H groups in total. The van der Waals surface area contributed by atoms with Crippen LogP contribution >= 0.6 is 0 Å². The molecule has 1 heterocycles. The number of likely N-dealkylation sites (N-methyl/N-ethyl adjacent to an activating group) is 1. The van der Waals surface area contributed by atoms with Crippen LogP contribution in [0.4, 0.5) is 5.69 Å². The molecule has 2 amide bonds. The van der Waals surface area contributed by atoms with Crippen molar-refractivity contribution in [2.45, 2.75) is 6.92 Å². The van der Waals surface area contributed by atoms with E-state index in [1.165, 1.54) is 11.3 Å². The van der Waals surface area contributed by atoms with Crippen molar-refractivity contribution in [1.82, 2.24) is 15.1 Å². The molecule has 0 atom stereocenters. The molecule has 0 bridgehead atoms. The van der Waals surface area contributed by atoms with Gasteiger partial charge in [-0.15, -0.1) is 10.2 Å². The van der Waals surface area contributed by atoms with Crippen LogP contribution in [-0.2, 0) is 9.59 Å². The van der Waals surface area contributed by atoms with Gasteiger partial charge in [0, 0.05) is 18.3 Å². The summed E-state index contributed by atoms with van der Waals surface area (Å²) in [5.41, 5.74) is 2.54. The predicted octanol–water partition coefficient (Wildman–Crippen LogP) is 2.52. The molecule has 0 aliphatic carbocycles. The van der Waals surface area contributed by atoms with Gasteiger partial charge in [-0.25, -0.2) is 0 Å². The quantitative estimate of drug-likeness (QED) is 0.676. The summed E-state index contributed by atoms with van der Waals surface area (Å²) < 4.78 is 10.6. The molecule has 0 radical (unpaired) electrons. The Morgan fingerprint density at radius 3 is 2.46 bits per heavy atom. The lowest BCUT2D eigenvalue weighted by atomic mass is 10.2. The van der Waals surface area contributed by atoms with E-state index >= 15 is 0 Å². The molecule has 1 aromatic heterocycles. The average Bonchev–Trinajstić information content (AvgIpc) is 3.23. The topological polar surface area (TPSA) is 97.6 Å². The smallest absolute Gasteiger partial charge is 0.260 e. The third-order valence-corrected chi connectivity index (χ3v) is 3.97. The molecule has 144 valence electrons. The maximum atomic E-state index is 12.2. The fourth-order valence-corrected chi connectivity index (χ4v) is 2.39. The van der Waals surface area contributed by atoms with E-state index in [0.29, 0.717) is 17.3 Å². The second kappa shape index (κ2) is 8.81. The van der Waals surface area contributed by atoms with Crippen molar-refractivity contribution in [3.05, 3.63) is 60.5 Å². The van der Waals surface area contributed by atoms with Gasteiger partial charge in [-0.1, -0.05) is 17.7 Å². The minimum atomic E-state index is -0.306. The number of amides is 2. The van der Waals surface area contributed by atoms with Gasteiger partial charge >= 0.3 is 0 Å². The van der Waals surface area contributed by atoms with Gasteiger partial charge in [0.15, 0.2) is 6.61 Å². The van der Waals surface area contributed by atoms with Crippen molar-refractivity contribution in [3.63, 3.8) is 0 Å². The van der Waals surface area contributed by atoms with E-state index in [9.17, 15) is 9.59 Å². The van der Waals surface area contributed by atoms with Crippen molar-refractivity contribution in [2.75, 3.05) is 25.5 Å². The molecule has 0 saturated heterocycles. The van der Waals surface area contributed by atoms with Crippen LogP contribution in [0.15, 0.2) is 59.3 Å². The number of nitrogens with zero attached hydrogens (tertiary/aromatic N) is 3. The Hall–Kier alpha value is -3.68. The molecule has 8 nitrogen and oxygen atoms in total. The molecule has 0 saturated carbocycles. The van der Waals surface area contributed by atoms with Crippen molar-refractivity contribution in [3.8, 4) is 17.2 Å². The van der Waals surface area contributed by atoms with Crippen LogP contribution in [0.5, 0.6) is 5.75 Å². The number of aromatic nitrogens is 2. The number of carbonyl (C=O) groups excluding carboxylic acids is 2. The zero-order valence-electron chi connectivity index (χ0n) is 15.6. The minimum Gasteiger partial charge on any atom is -0.484 e. The number of carbonyl (C=O) groups is 2. The largest absolute Gasteiger partial charge is 0.484 e. The van der Waals surface area contributed by atoms with Crippen LogP contribution < -0.4 is 10.1 Å². The van der Waals surface area contributed by atoms with Gasteiger partial charge in [0.25, 0.3) is 5.91 Å². The summed E-state index contributed by atoms with van der Waals surface area (Å²) in [6.07, 6.45) is 1.25. The number of rotatable bonds is 7. The van der Waals surface area contributed by atoms with Gasteiger partial charge in [0.05, 0.1) is 6.54 Å². The van der Waals surface area contributed by atoms with Gasteiger partial charge < -0.3 is 19.4 Å². The predicted molar refractivity (Wildman–Crippen MR) is 103 cm³/mol. The van der Waals surface area contributed by atoms with Gasteiger partial charge in [-0.05, 0) is 43.3 Å². The van der Waals surface area contributed by atoms with Gasteiger partial charge in [0.1, 0.15) is 5.75 Å². The van der Waals surface area contributed by atoms with E-state index in [1.807, 2.05) is 31.2 Å². The summed E-state index contributed by atoms with van der Waals surface area (Å²) >= 11 is 0. The Bertz CT molecular complexity index is 922. The normalized spacial score (nSPS) is 10.4. The number of hydrogen-bond donors (Lipinski definition) is 1. The summed E-state index contributed by atoms with van der Waals surface area (Å²) in [6, 6.07) is 14.4. The van der Waals surface area contributed by atoms with E-state index in [0.717, 1.165) is 11.1 Å². The van der Waals surface area contributed by atoms with E-state index in [-0.39, 0.29) is 25.0 Å². The molecule has 0 spiro atoms. The minimum absolute atomic E-state index is 0.0633. The van der Waals surface area contributed by atoms with Crippen molar-refractivity contribution < 1.29 is 18.7 Å². The summed E-state index contributed by atoms with van der Waals surface area (Å²) in [5, 5.41) is 10.2. The number of nitrogens with one attached hydrogen (secondary N) is 1. The van der Waals surface area contributed by atoms with Gasteiger partial charge in [0.2, 0.25) is 18.2 Å². The molecule has 28 heavy (non-hydrogen) atoms. The lowest BCUT2D eigenvalue weighted by Crippen LogP contribution is -2.37. The lowest BCUT2D eigenvalue weighted by Gasteiger charge is -2.17. The first-order valence-corrected chi connectivity index (χ1v) is 8.61. The van der Waals surface area contributed by atoms with Crippen LogP contribution in [0.25, 0.3) is 11.5 Å². The summed E-state index contributed by atoms with van der Waals surface area (Å²) in [7, 11) is 1.55. The summed E-state index contributed by atoms with van der Waals surface area (Å²) in [5.74, 6) is 0.347. The van der Waals surface area contributed by atoms with E-state index < -0.39 is 0 Å². The number of anilines is 1. The van der Waals surface area contributed by atoms with Gasteiger partial charge in [-0.2, -0.15) is 0 Å². The van der Waals surface area contributed by atoms with Crippen molar-refractivity contribution >= 4 is 17.5 Å². The lowest BCUT2D eigenvalue weighted by molar-refractivity contribution is -0.135. The first-order chi connectivity index (χ1) is 13.5. The van der Waals surface area contributed by atoms with Gasteiger partial charge in [-0.3, -0.25) is 9.59 Å². The number of aryl methyl sites for hydroxylation is 1. The van der Waals surface area contributed by atoms with E-state index in [2.05, 4.69) is 15.5 Å². The molecule has 0 unspecified atom stereocenters. The van der Waals surface area contributed by atoms with Crippen molar-refractivity contribution in [1.29, 1.82) is 0 Å². The first kappa shape index (κ1) is 19.1. The highest BCUT2D eigenvalue weighted by Gasteiger charge is 2.14. The van der Waals surface area contributed by atoms with E-state index in [1.54, 1.807) is 31.3 Å². The van der Waals surface area contributed by atoms with E-state index in [4.69, 9.17) is 9.15 Å². The molecular weight excluding hydrogens is 360 g/mol. The first-order valence-electron chi connectivity index (χ1n) is 8.61. The Balaban J connectivity index is 1.46. The molecule has 0 aliphatic heterocycles. The third kappa shape index (κ3) is 5.16. The molecule has 3 aromatic rings. The highest BCUT2D eigenvalue weighted by Crippen LogP contribution is 2.20. The van der Waals surface area contributed by atoms with Crippen LogP contribution in [-0.4, -0.2) is 47.1 Å². The zero-order valence-corrected chi connectivity index (χ0v) is 15.6. The molecule has 3 rings (SSSR count). The monoisotopic (exact) mass is 380 g/mol. The molecule has 8 heteroatoms. The van der Waals surface area contributed by atoms with Crippen LogP contribution in [0.1, 0.15) is 5.56 Å². The summed E-state index contributed by atoms with van der Waals surface area (Å²) in [6.45, 7) is 1.73. The van der Waals surface area contributed by atoms with Crippen LogP contribution in [0, 0.1) is 6.92 Å². The highest BCUT2D eigenvalue weighted by atomic mass is 16.5. The standard InChI is InChI=1S/C20H20N4O4/c1-14-3-7-16(8-4-14)22-18(25)11-24(2)19(26)12-27-17-9-5-15(6-10-17)20-23-21-13-28-20/h3-10,13H,11-12H2,1-2H3,(H,22,25). The Morgan fingerprint density at radius 2 is 1.82 bits per heavy atom. The average molecular weight is 380 g/mol. The highest BCUT2D eigenvalue weighted by molar-refractivity contribution is 5.94. The SMILES string of the molecule is Cc1ccc(NC(=O)CN(C)C(=O)COc2ccc(-c3nnco3)cc2)cc1. The maximum absolute atomic E-state index is 12.2. The maximum Gasteiger partial charge on any atom is 0.260 e.